The summed E-state index contributed by atoms with van der Waals surface area (Å²) in [6.07, 6.45) is -4.68. The van der Waals surface area contributed by atoms with Crippen molar-refractivity contribution >= 4 is 39.0 Å². The fraction of sp³-hybridized carbons (Fsp3) is 0.167. The Labute approximate surface area is 131 Å². The van der Waals surface area contributed by atoms with Gasteiger partial charge in [0.05, 0.1) is 12.8 Å². The van der Waals surface area contributed by atoms with Crippen molar-refractivity contribution in [2.24, 2.45) is 0 Å². The zero-order valence-electron chi connectivity index (χ0n) is 10.5. The molecule has 0 amide bonds. The van der Waals surface area contributed by atoms with Crippen LogP contribution in [-0.4, -0.2) is 17.1 Å². The predicted molar refractivity (Wildman–Crippen MR) is 76.0 cm³/mol. The van der Waals surface area contributed by atoms with E-state index in [1.165, 1.54) is 13.2 Å². The normalized spacial score (nSPS) is 11.3. The molecule has 0 atom stereocenters. The Bertz CT molecular complexity index is 667. The number of halogens is 5. The summed E-state index contributed by atoms with van der Waals surface area (Å²) >= 11 is 8.86. The Morgan fingerprint density at radius 2 is 1.95 bits per heavy atom. The predicted octanol–water partition coefficient (Wildman–Crippen LogP) is 4.66. The molecule has 0 aliphatic rings. The molecule has 2 rings (SSSR count). The Morgan fingerprint density at radius 3 is 2.57 bits per heavy atom. The smallest absolute Gasteiger partial charge is 0.451 e. The van der Waals surface area contributed by atoms with Gasteiger partial charge in [-0.3, -0.25) is 0 Å². The summed E-state index contributed by atoms with van der Waals surface area (Å²) in [5, 5.41) is 2.42. The number of rotatable bonds is 3. The van der Waals surface area contributed by atoms with Gasteiger partial charge in [0.15, 0.2) is 0 Å². The van der Waals surface area contributed by atoms with E-state index in [0.29, 0.717) is 11.4 Å². The Morgan fingerprint density at radius 1 is 1.24 bits per heavy atom. The van der Waals surface area contributed by atoms with E-state index in [-0.39, 0.29) is 11.0 Å². The van der Waals surface area contributed by atoms with E-state index < -0.39 is 12.0 Å². The van der Waals surface area contributed by atoms with Crippen LogP contribution in [0.4, 0.5) is 24.7 Å². The highest BCUT2D eigenvalue weighted by Crippen LogP contribution is 2.32. The quantitative estimate of drug-likeness (QED) is 0.784. The SMILES string of the molecule is COc1ccc(Br)cc1Nc1cc(Cl)nc(C(F)(F)F)n1. The Hall–Kier alpha value is -1.54. The summed E-state index contributed by atoms with van der Waals surface area (Å²) in [5.41, 5.74) is 0.440. The van der Waals surface area contributed by atoms with Crippen molar-refractivity contribution in [2.75, 3.05) is 12.4 Å². The second-order valence-corrected chi connectivity index (χ2v) is 5.17. The van der Waals surface area contributed by atoms with E-state index in [1.54, 1.807) is 18.2 Å². The number of alkyl halides is 3. The third-order valence-corrected chi connectivity index (χ3v) is 3.06. The van der Waals surface area contributed by atoms with Gasteiger partial charge < -0.3 is 10.1 Å². The van der Waals surface area contributed by atoms with E-state index in [0.717, 1.165) is 4.47 Å². The average Bonchev–Trinajstić information content (AvgIpc) is 2.37. The molecular formula is C12H8BrClF3N3O. The lowest BCUT2D eigenvalue weighted by atomic mass is 10.3. The molecule has 1 aromatic heterocycles. The zero-order valence-corrected chi connectivity index (χ0v) is 12.8. The number of methoxy groups -OCH3 is 1. The maximum atomic E-state index is 12.7. The Balaban J connectivity index is 2.40. The van der Waals surface area contributed by atoms with Crippen LogP contribution in [0.25, 0.3) is 0 Å². The van der Waals surface area contributed by atoms with Crippen molar-refractivity contribution in [3.63, 3.8) is 0 Å². The molecule has 4 nitrogen and oxygen atoms in total. The van der Waals surface area contributed by atoms with Gasteiger partial charge in [-0.15, -0.1) is 0 Å². The van der Waals surface area contributed by atoms with Gasteiger partial charge >= 0.3 is 6.18 Å². The lowest BCUT2D eigenvalue weighted by Gasteiger charge is -2.12. The van der Waals surface area contributed by atoms with E-state index in [9.17, 15) is 13.2 Å². The van der Waals surface area contributed by atoms with Crippen molar-refractivity contribution in [1.29, 1.82) is 0 Å². The lowest BCUT2D eigenvalue weighted by molar-refractivity contribution is -0.144. The number of ether oxygens (including phenoxy) is 1. The van der Waals surface area contributed by atoms with Crippen LogP contribution in [0.15, 0.2) is 28.7 Å². The molecule has 0 saturated heterocycles. The minimum absolute atomic E-state index is 0.0845. The molecule has 0 saturated carbocycles. The summed E-state index contributed by atoms with van der Waals surface area (Å²) in [5.74, 6) is -0.952. The van der Waals surface area contributed by atoms with Gasteiger partial charge in [0, 0.05) is 10.5 Å². The number of benzene rings is 1. The molecule has 112 valence electrons. The fourth-order valence-corrected chi connectivity index (χ4v) is 2.07. The third-order valence-electron chi connectivity index (χ3n) is 2.37. The molecule has 1 N–H and O–H groups in total. The molecule has 21 heavy (non-hydrogen) atoms. The fourth-order valence-electron chi connectivity index (χ4n) is 1.52. The number of hydrogen-bond acceptors (Lipinski definition) is 4. The lowest BCUT2D eigenvalue weighted by Crippen LogP contribution is -2.12. The van der Waals surface area contributed by atoms with Gasteiger partial charge in [0.25, 0.3) is 0 Å². The second kappa shape index (κ2) is 6.07. The molecule has 0 unspecified atom stereocenters. The summed E-state index contributed by atoms with van der Waals surface area (Å²) in [6.45, 7) is 0. The molecule has 0 aliphatic carbocycles. The first-order chi connectivity index (χ1) is 9.79. The first kappa shape index (κ1) is 15.8. The molecular weight excluding hydrogens is 375 g/mol. The molecule has 0 fully saturated rings. The van der Waals surface area contributed by atoms with Gasteiger partial charge in [-0.25, -0.2) is 9.97 Å². The summed E-state index contributed by atoms with van der Waals surface area (Å²) in [6, 6.07) is 6.22. The highest BCUT2D eigenvalue weighted by Gasteiger charge is 2.35. The van der Waals surface area contributed by atoms with Crippen molar-refractivity contribution < 1.29 is 17.9 Å². The van der Waals surface area contributed by atoms with Crippen LogP contribution in [0.5, 0.6) is 5.75 Å². The van der Waals surface area contributed by atoms with Gasteiger partial charge in [-0.05, 0) is 18.2 Å². The van der Waals surface area contributed by atoms with Crippen LogP contribution in [0.2, 0.25) is 5.15 Å². The van der Waals surface area contributed by atoms with Crippen LogP contribution < -0.4 is 10.1 Å². The van der Waals surface area contributed by atoms with Crippen LogP contribution in [0.1, 0.15) is 5.82 Å². The Kier molecular flexibility index (Phi) is 4.58. The molecule has 0 aliphatic heterocycles. The van der Waals surface area contributed by atoms with E-state index in [4.69, 9.17) is 16.3 Å². The summed E-state index contributed by atoms with van der Waals surface area (Å²) < 4.78 is 43.8. The summed E-state index contributed by atoms with van der Waals surface area (Å²) in [7, 11) is 1.45. The summed E-state index contributed by atoms with van der Waals surface area (Å²) in [4.78, 5) is 6.56. The van der Waals surface area contributed by atoms with Gasteiger partial charge in [0.1, 0.15) is 16.7 Å². The third kappa shape index (κ3) is 3.98. The van der Waals surface area contributed by atoms with Crippen LogP contribution >= 0.6 is 27.5 Å². The average molecular weight is 383 g/mol. The maximum absolute atomic E-state index is 12.7. The standard InChI is InChI=1S/C12H8BrClF3N3O/c1-21-8-3-2-6(13)4-7(8)18-10-5-9(14)19-11(20-10)12(15,16)17/h2-5H,1H3,(H,18,19,20). The van der Waals surface area contributed by atoms with Crippen LogP contribution in [-0.2, 0) is 6.18 Å². The molecule has 1 aromatic carbocycles. The van der Waals surface area contributed by atoms with E-state index >= 15 is 0 Å². The monoisotopic (exact) mass is 381 g/mol. The highest BCUT2D eigenvalue weighted by molar-refractivity contribution is 9.10. The number of nitrogens with zero attached hydrogens (tertiary/aromatic N) is 2. The number of anilines is 2. The minimum Gasteiger partial charge on any atom is -0.495 e. The van der Waals surface area contributed by atoms with Crippen LogP contribution in [0, 0.1) is 0 Å². The number of nitrogens with one attached hydrogen (secondary N) is 1. The van der Waals surface area contributed by atoms with Gasteiger partial charge in [0.2, 0.25) is 5.82 Å². The number of aromatic nitrogens is 2. The van der Waals surface area contributed by atoms with Crippen molar-refractivity contribution in [3.8, 4) is 5.75 Å². The van der Waals surface area contributed by atoms with Crippen LogP contribution in [0.3, 0.4) is 0 Å². The van der Waals surface area contributed by atoms with Crippen molar-refractivity contribution in [1.82, 2.24) is 9.97 Å². The van der Waals surface area contributed by atoms with Gasteiger partial charge in [-0.2, -0.15) is 13.2 Å². The zero-order chi connectivity index (χ0) is 15.6. The largest absolute Gasteiger partial charge is 0.495 e. The van der Waals surface area contributed by atoms with Crippen molar-refractivity contribution in [2.45, 2.75) is 6.18 Å². The molecule has 9 heteroatoms. The first-order valence-electron chi connectivity index (χ1n) is 5.52. The van der Waals surface area contributed by atoms with Crippen molar-refractivity contribution in [3.05, 3.63) is 39.7 Å². The molecule has 0 bridgehead atoms. The first-order valence-corrected chi connectivity index (χ1v) is 6.69. The molecule has 1 heterocycles. The highest BCUT2D eigenvalue weighted by atomic mass is 79.9. The second-order valence-electron chi connectivity index (χ2n) is 3.87. The molecule has 2 aromatic rings. The van der Waals surface area contributed by atoms with E-state index in [2.05, 4.69) is 31.2 Å². The molecule has 0 radical (unpaired) electrons. The van der Waals surface area contributed by atoms with E-state index in [1.807, 2.05) is 0 Å². The topological polar surface area (TPSA) is 47.0 Å². The maximum Gasteiger partial charge on any atom is 0.451 e. The van der Waals surface area contributed by atoms with Gasteiger partial charge in [-0.1, -0.05) is 27.5 Å². The number of hydrogen-bond donors (Lipinski definition) is 1. The molecule has 0 spiro atoms. The minimum atomic E-state index is -4.68.